The number of aliphatic hydroxyl groups is 1. The van der Waals surface area contributed by atoms with Crippen LogP contribution in [-0.2, 0) is 4.74 Å². The van der Waals surface area contributed by atoms with Crippen molar-refractivity contribution in [1.29, 1.82) is 0 Å². The number of carbonyl (C=O) groups is 2. The number of benzene rings is 1. The molecular formula is C31H52N4O5. The molecule has 40 heavy (non-hydrogen) atoms. The minimum Gasteiger partial charge on any atom is -0.490 e. The Bertz CT molecular complexity index is 952. The van der Waals surface area contributed by atoms with E-state index in [1.54, 1.807) is 9.80 Å². The highest BCUT2D eigenvalue weighted by Gasteiger charge is 2.31. The zero-order valence-electron chi connectivity index (χ0n) is 25.5. The van der Waals surface area contributed by atoms with Crippen molar-refractivity contribution in [1.82, 2.24) is 15.1 Å². The number of nitrogens with zero attached hydrogens (tertiary/aromatic N) is 3. The van der Waals surface area contributed by atoms with Crippen LogP contribution in [0.3, 0.4) is 0 Å². The van der Waals surface area contributed by atoms with E-state index >= 15 is 0 Å². The Morgan fingerprint density at radius 1 is 1.10 bits per heavy atom. The van der Waals surface area contributed by atoms with E-state index in [4.69, 9.17) is 9.47 Å². The molecule has 1 aliphatic heterocycles. The van der Waals surface area contributed by atoms with Crippen LogP contribution in [-0.4, -0.2) is 98.6 Å². The molecule has 0 spiro atoms. The number of anilines is 1. The SMILES string of the molecule is C[C@@H]1CCCCO[C@@H](CN(C)C(=O)NC2CCCCC2)[C@H](C)CN([C@H](C)CO)C(=O)c2cc(N(C)C)ccc2O1. The molecule has 9 heteroatoms. The first-order valence-electron chi connectivity index (χ1n) is 15.1. The Morgan fingerprint density at radius 2 is 1.80 bits per heavy atom. The Labute approximate surface area is 241 Å². The number of hydrogen-bond acceptors (Lipinski definition) is 6. The zero-order valence-corrected chi connectivity index (χ0v) is 25.5. The fraction of sp³-hybridized carbons (Fsp3) is 0.742. The van der Waals surface area contributed by atoms with E-state index in [9.17, 15) is 14.7 Å². The summed E-state index contributed by atoms with van der Waals surface area (Å²) < 4.78 is 12.7. The number of carbonyl (C=O) groups excluding carboxylic acids is 2. The summed E-state index contributed by atoms with van der Waals surface area (Å²) in [6.45, 7) is 7.16. The highest BCUT2D eigenvalue weighted by atomic mass is 16.5. The maximum Gasteiger partial charge on any atom is 0.317 e. The van der Waals surface area contributed by atoms with Gasteiger partial charge < -0.3 is 34.6 Å². The third-order valence-corrected chi connectivity index (χ3v) is 8.28. The minimum absolute atomic E-state index is 0.0623. The van der Waals surface area contributed by atoms with Gasteiger partial charge in [0.05, 0.1) is 30.4 Å². The van der Waals surface area contributed by atoms with Crippen molar-refractivity contribution in [3.8, 4) is 5.75 Å². The molecule has 0 unspecified atom stereocenters. The van der Waals surface area contributed by atoms with Gasteiger partial charge in [0.15, 0.2) is 0 Å². The van der Waals surface area contributed by atoms with Gasteiger partial charge >= 0.3 is 6.03 Å². The molecule has 1 fully saturated rings. The molecule has 1 aromatic carbocycles. The molecule has 3 amide bonds. The number of likely N-dealkylation sites (N-methyl/N-ethyl adjacent to an activating group) is 1. The van der Waals surface area contributed by atoms with Gasteiger partial charge in [0.1, 0.15) is 5.75 Å². The number of urea groups is 1. The Balaban J connectivity index is 1.85. The zero-order chi connectivity index (χ0) is 29.2. The molecule has 226 valence electrons. The van der Waals surface area contributed by atoms with Gasteiger partial charge in [-0.2, -0.15) is 0 Å². The van der Waals surface area contributed by atoms with Crippen LogP contribution in [0.1, 0.15) is 82.5 Å². The van der Waals surface area contributed by atoms with Crippen LogP contribution in [0.4, 0.5) is 10.5 Å². The molecule has 3 rings (SSSR count). The third-order valence-electron chi connectivity index (χ3n) is 8.28. The maximum atomic E-state index is 14.1. The average Bonchev–Trinajstić information content (AvgIpc) is 2.94. The lowest BCUT2D eigenvalue weighted by atomic mass is 9.96. The number of aliphatic hydroxyl groups excluding tert-OH is 1. The number of nitrogens with one attached hydrogen (secondary N) is 1. The number of amides is 3. The average molecular weight is 561 g/mol. The molecule has 9 nitrogen and oxygen atoms in total. The summed E-state index contributed by atoms with van der Waals surface area (Å²) in [6.07, 6.45) is 7.97. The third kappa shape index (κ3) is 8.99. The highest BCUT2D eigenvalue weighted by molar-refractivity contribution is 5.98. The summed E-state index contributed by atoms with van der Waals surface area (Å²) in [6, 6.07) is 5.47. The maximum absolute atomic E-state index is 14.1. The van der Waals surface area contributed by atoms with Gasteiger partial charge in [-0.05, 0) is 64.2 Å². The second-order valence-corrected chi connectivity index (χ2v) is 12.0. The minimum atomic E-state index is -0.399. The van der Waals surface area contributed by atoms with E-state index in [1.807, 2.05) is 58.1 Å². The molecule has 4 atom stereocenters. The number of ether oxygens (including phenoxy) is 2. The van der Waals surface area contributed by atoms with Crippen LogP contribution in [0.25, 0.3) is 0 Å². The van der Waals surface area contributed by atoms with E-state index in [0.29, 0.717) is 31.0 Å². The molecule has 2 N–H and O–H groups in total. The standard InChI is InChI=1S/C31H52N4O5/c1-22-19-35(23(2)21-36)30(37)27-18-26(33(4)5)15-16-28(27)40-24(3)12-10-11-17-39-29(22)20-34(6)31(38)32-25-13-8-7-9-14-25/h15-16,18,22-25,29,36H,7-14,17,19-21H2,1-6H3,(H,32,38)/t22-,23-,24-,29+/m1/s1. The lowest BCUT2D eigenvalue weighted by Gasteiger charge is -2.36. The quantitative estimate of drug-likeness (QED) is 0.531. The Morgan fingerprint density at radius 3 is 2.48 bits per heavy atom. The summed E-state index contributed by atoms with van der Waals surface area (Å²) in [4.78, 5) is 32.5. The largest absolute Gasteiger partial charge is 0.490 e. The van der Waals surface area contributed by atoms with Crippen LogP contribution in [0.5, 0.6) is 5.75 Å². The van der Waals surface area contributed by atoms with Crippen molar-refractivity contribution in [3.63, 3.8) is 0 Å². The van der Waals surface area contributed by atoms with Gasteiger partial charge in [-0.15, -0.1) is 0 Å². The summed E-state index contributed by atoms with van der Waals surface area (Å²) in [5.74, 6) is 0.305. The first-order chi connectivity index (χ1) is 19.1. The number of rotatable bonds is 6. The molecule has 1 saturated carbocycles. The van der Waals surface area contributed by atoms with Crippen molar-refractivity contribution >= 4 is 17.6 Å². The molecule has 0 aromatic heterocycles. The van der Waals surface area contributed by atoms with Gasteiger partial charge in [-0.3, -0.25) is 4.79 Å². The highest BCUT2D eigenvalue weighted by Crippen LogP contribution is 2.29. The predicted molar refractivity (Wildman–Crippen MR) is 159 cm³/mol. The molecule has 1 aromatic rings. The van der Waals surface area contributed by atoms with E-state index in [1.165, 1.54) is 6.42 Å². The van der Waals surface area contributed by atoms with E-state index in [-0.39, 0.29) is 42.7 Å². The molecule has 1 aliphatic carbocycles. The molecule has 0 radical (unpaired) electrons. The van der Waals surface area contributed by atoms with Crippen molar-refractivity contribution < 1.29 is 24.2 Å². The first-order valence-corrected chi connectivity index (χ1v) is 15.1. The monoisotopic (exact) mass is 560 g/mol. The fourth-order valence-corrected chi connectivity index (χ4v) is 5.54. The van der Waals surface area contributed by atoms with Gasteiger partial charge in [0.25, 0.3) is 5.91 Å². The Kier molecular flexibility index (Phi) is 12.4. The van der Waals surface area contributed by atoms with Crippen LogP contribution >= 0.6 is 0 Å². The van der Waals surface area contributed by atoms with Gasteiger partial charge in [0.2, 0.25) is 0 Å². The smallest absolute Gasteiger partial charge is 0.317 e. The van der Waals surface area contributed by atoms with Crippen molar-refractivity contribution in [2.75, 3.05) is 52.3 Å². The van der Waals surface area contributed by atoms with Crippen LogP contribution in [0.2, 0.25) is 0 Å². The predicted octanol–water partition coefficient (Wildman–Crippen LogP) is 4.52. The summed E-state index contributed by atoms with van der Waals surface area (Å²) in [5, 5.41) is 13.3. The normalized spacial score (nSPS) is 24.3. The lowest BCUT2D eigenvalue weighted by Crippen LogP contribution is -2.50. The van der Waals surface area contributed by atoms with Gasteiger partial charge in [-0.25, -0.2) is 4.79 Å². The van der Waals surface area contributed by atoms with Crippen LogP contribution < -0.4 is 15.0 Å². The molecule has 1 heterocycles. The summed E-state index contributed by atoms with van der Waals surface area (Å²) >= 11 is 0. The first kappa shape index (κ1) is 32.0. The molecule has 2 aliphatic rings. The van der Waals surface area contributed by atoms with E-state index in [0.717, 1.165) is 50.6 Å². The lowest BCUT2D eigenvalue weighted by molar-refractivity contribution is -0.0123. The van der Waals surface area contributed by atoms with Crippen molar-refractivity contribution in [2.24, 2.45) is 5.92 Å². The summed E-state index contributed by atoms with van der Waals surface area (Å²) in [5.41, 5.74) is 1.39. The summed E-state index contributed by atoms with van der Waals surface area (Å²) in [7, 11) is 5.70. The van der Waals surface area contributed by atoms with Gasteiger partial charge in [-0.1, -0.05) is 26.2 Å². The topological polar surface area (TPSA) is 94.6 Å². The molecule has 0 saturated heterocycles. The van der Waals surface area contributed by atoms with Gasteiger partial charge in [0, 0.05) is 58.5 Å². The molecular weight excluding hydrogens is 508 g/mol. The Hall–Kier alpha value is -2.52. The van der Waals surface area contributed by atoms with Crippen LogP contribution in [0.15, 0.2) is 18.2 Å². The second kappa shape index (κ2) is 15.5. The number of fused-ring (bicyclic) bond motifs is 1. The fourth-order valence-electron chi connectivity index (χ4n) is 5.54. The molecule has 0 bridgehead atoms. The van der Waals surface area contributed by atoms with Crippen molar-refractivity contribution in [3.05, 3.63) is 23.8 Å². The number of hydrogen-bond donors (Lipinski definition) is 2. The van der Waals surface area contributed by atoms with E-state index < -0.39 is 6.04 Å². The van der Waals surface area contributed by atoms with Crippen LogP contribution in [0, 0.1) is 5.92 Å². The second-order valence-electron chi connectivity index (χ2n) is 12.0. The van der Waals surface area contributed by atoms with E-state index in [2.05, 4.69) is 12.2 Å². The van der Waals surface area contributed by atoms with Crippen molar-refractivity contribution in [2.45, 2.75) is 96.4 Å².